The molecule has 0 aliphatic carbocycles. The molecule has 5 unspecified atom stereocenters. The number of aliphatic hydroxyl groups excluding tert-OH is 1. The zero-order valence-corrected chi connectivity index (χ0v) is 23.6. The van der Waals surface area contributed by atoms with Crippen molar-refractivity contribution in [2.75, 3.05) is 6.54 Å². The van der Waals surface area contributed by atoms with Crippen LogP contribution < -0.4 is 33.2 Å². The number of carboxylic acid groups (broad SMARTS) is 1. The van der Waals surface area contributed by atoms with Gasteiger partial charge in [0.1, 0.15) is 29.6 Å². The maximum Gasteiger partial charge on any atom is 0.326 e. The van der Waals surface area contributed by atoms with Crippen LogP contribution in [0.15, 0.2) is 53.5 Å². The number of aliphatic carboxylic acids is 1. The standard InChI is InChI=1S/C28H39N7O8/c1-15(36)23(26(41)34-22(27(42)43)14-17-6-10-19(38)11-7-17)35-25(40)21(13-16-4-8-18(37)9-5-16)33-24(39)20(29)3-2-12-32-28(30)31/h4-11,15,20-23,36-38H,2-3,12-14,29H2,1H3,(H,33,39)(H,34,41)(H,35,40)(H,42,43)(H4,30,31,32). The van der Waals surface area contributed by atoms with E-state index in [1.165, 1.54) is 55.5 Å². The van der Waals surface area contributed by atoms with E-state index in [1.807, 2.05) is 0 Å². The minimum Gasteiger partial charge on any atom is -0.508 e. The maximum absolute atomic E-state index is 13.4. The molecule has 0 heterocycles. The first-order valence-corrected chi connectivity index (χ1v) is 13.5. The molecule has 0 radical (unpaired) electrons. The Kier molecular flexibility index (Phi) is 13.2. The highest BCUT2D eigenvalue weighted by atomic mass is 16.4. The van der Waals surface area contributed by atoms with Gasteiger partial charge in [-0.2, -0.15) is 0 Å². The van der Waals surface area contributed by atoms with E-state index < -0.39 is 54.0 Å². The number of hydrogen-bond acceptors (Lipinski definition) is 9. The number of guanidine groups is 1. The Bertz CT molecular complexity index is 1260. The van der Waals surface area contributed by atoms with Gasteiger partial charge in [0.05, 0.1) is 12.1 Å². The number of aliphatic hydroxyl groups is 1. The van der Waals surface area contributed by atoms with Gasteiger partial charge in [0.25, 0.3) is 0 Å². The first-order valence-electron chi connectivity index (χ1n) is 13.5. The summed E-state index contributed by atoms with van der Waals surface area (Å²) >= 11 is 0. The summed E-state index contributed by atoms with van der Waals surface area (Å²) < 4.78 is 0. The van der Waals surface area contributed by atoms with E-state index in [0.29, 0.717) is 17.5 Å². The van der Waals surface area contributed by atoms with E-state index in [1.54, 1.807) is 0 Å². The van der Waals surface area contributed by atoms with Gasteiger partial charge in [0.2, 0.25) is 17.7 Å². The zero-order valence-electron chi connectivity index (χ0n) is 23.6. The molecule has 15 nitrogen and oxygen atoms in total. The molecule has 2 aromatic rings. The molecule has 0 bridgehead atoms. The second-order valence-corrected chi connectivity index (χ2v) is 9.98. The number of nitrogens with zero attached hydrogens (tertiary/aromatic N) is 1. The van der Waals surface area contributed by atoms with Crippen LogP contribution in [-0.4, -0.2) is 86.9 Å². The summed E-state index contributed by atoms with van der Waals surface area (Å²) in [5.74, 6) is -3.97. The van der Waals surface area contributed by atoms with Gasteiger partial charge < -0.3 is 53.6 Å². The molecule has 0 aliphatic rings. The van der Waals surface area contributed by atoms with E-state index in [9.17, 15) is 39.6 Å². The third-order valence-electron chi connectivity index (χ3n) is 6.37. The molecule has 0 aliphatic heterocycles. The Balaban J connectivity index is 2.18. The summed E-state index contributed by atoms with van der Waals surface area (Å²) in [5, 5.41) is 46.3. The van der Waals surface area contributed by atoms with Gasteiger partial charge in [-0.25, -0.2) is 4.79 Å². The Morgan fingerprint density at radius 3 is 1.74 bits per heavy atom. The largest absolute Gasteiger partial charge is 0.508 e. The third-order valence-corrected chi connectivity index (χ3v) is 6.37. The molecule has 5 atom stereocenters. The number of aromatic hydroxyl groups is 2. The van der Waals surface area contributed by atoms with Gasteiger partial charge in [-0.3, -0.25) is 19.4 Å². The number of aliphatic imine (C=N–C) groups is 1. The molecule has 3 amide bonds. The lowest BCUT2D eigenvalue weighted by molar-refractivity contribution is -0.143. The van der Waals surface area contributed by atoms with Crippen molar-refractivity contribution in [3.8, 4) is 11.5 Å². The quantitative estimate of drug-likeness (QED) is 0.0581. The van der Waals surface area contributed by atoms with Crippen molar-refractivity contribution in [3.63, 3.8) is 0 Å². The first-order chi connectivity index (χ1) is 20.3. The number of nitrogens with two attached hydrogens (primary N) is 3. The number of nitrogens with one attached hydrogen (secondary N) is 3. The number of rotatable bonds is 16. The van der Waals surface area contributed by atoms with Crippen molar-refractivity contribution in [2.45, 2.75) is 62.9 Å². The summed E-state index contributed by atoms with van der Waals surface area (Å²) in [7, 11) is 0. The van der Waals surface area contributed by atoms with Crippen molar-refractivity contribution in [3.05, 3.63) is 59.7 Å². The van der Waals surface area contributed by atoms with Gasteiger partial charge >= 0.3 is 5.97 Å². The van der Waals surface area contributed by atoms with Crippen molar-refractivity contribution in [1.82, 2.24) is 16.0 Å². The summed E-state index contributed by atoms with van der Waals surface area (Å²) in [6.45, 7) is 1.48. The summed E-state index contributed by atoms with van der Waals surface area (Å²) in [6.07, 6.45) is -1.06. The van der Waals surface area contributed by atoms with Gasteiger partial charge in [0.15, 0.2) is 5.96 Å². The lowest BCUT2D eigenvalue weighted by Crippen LogP contribution is -2.60. The van der Waals surface area contributed by atoms with Crippen molar-refractivity contribution >= 4 is 29.7 Å². The van der Waals surface area contributed by atoms with E-state index in [0.717, 1.165) is 0 Å². The minimum atomic E-state index is -1.58. The van der Waals surface area contributed by atoms with Crippen LogP contribution in [0.1, 0.15) is 30.9 Å². The molecule has 0 saturated heterocycles. The van der Waals surface area contributed by atoms with Gasteiger partial charge in [-0.15, -0.1) is 0 Å². The Morgan fingerprint density at radius 2 is 1.28 bits per heavy atom. The number of phenols is 2. The summed E-state index contributed by atoms with van der Waals surface area (Å²) in [5.41, 5.74) is 17.6. The fourth-order valence-corrected chi connectivity index (χ4v) is 3.99. The fraction of sp³-hybridized carbons (Fsp3) is 0.393. The first kappa shape index (κ1) is 34.3. The molecule has 0 aromatic heterocycles. The Morgan fingerprint density at radius 1 is 0.791 bits per heavy atom. The van der Waals surface area contributed by atoms with Crippen LogP contribution in [0.4, 0.5) is 0 Å². The van der Waals surface area contributed by atoms with Crippen LogP contribution in [0.3, 0.4) is 0 Å². The molecule has 0 saturated carbocycles. The lowest BCUT2D eigenvalue weighted by Gasteiger charge is -2.26. The monoisotopic (exact) mass is 601 g/mol. The third kappa shape index (κ3) is 11.9. The molecule has 2 aromatic carbocycles. The topological polar surface area (TPSA) is 276 Å². The average Bonchev–Trinajstić information content (AvgIpc) is 2.94. The van der Waals surface area contributed by atoms with E-state index >= 15 is 0 Å². The van der Waals surface area contributed by atoms with Crippen LogP contribution in [0.2, 0.25) is 0 Å². The number of benzene rings is 2. The number of carbonyl (C=O) groups excluding carboxylic acids is 3. The highest BCUT2D eigenvalue weighted by Crippen LogP contribution is 2.13. The van der Waals surface area contributed by atoms with Gasteiger partial charge in [-0.05, 0) is 55.2 Å². The lowest BCUT2D eigenvalue weighted by atomic mass is 10.0. The normalized spacial score (nSPS) is 14.3. The average molecular weight is 602 g/mol. The second kappa shape index (κ2) is 16.5. The number of carboxylic acids is 1. The van der Waals surface area contributed by atoms with E-state index in [-0.39, 0.29) is 43.3 Å². The number of hydrogen-bond donors (Lipinski definition) is 10. The predicted octanol–water partition coefficient (Wildman–Crippen LogP) is -1.82. The summed E-state index contributed by atoms with van der Waals surface area (Å²) in [6, 6.07) is 6.32. The van der Waals surface area contributed by atoms with E-state index in [4.69, 9.17) is 17.2 Å². The van der Waals surface area contributed by atoms with Crippen LogP contribution in [0, 0.1) is 0 Å². The van der Waals surface area contributed by atoms with Gasteiger partial charge in [0, 0.05) is 19.4 Å². The highest BCUT2D eigenvalue weighted by Gasteiger charge is 2.33. The van der Waals surface area contributed by atoms with Crippen LogP contribution in [0.5, 0.6) is 11.5 Å². The molecule has 2 rings (SSSR count). The van der Waals surface area contributed by atoms with Crippen LogP contribution in [0.25, 0.3) is 0 Å². The SMILES string of the molecule is CC(O)C(NC(=O)C(Cc1ccc(O)cc1)NC(=O)C(N)CCCN=C(N)N)C(=O)NC(Cc1ccc(O)cc1)C(=O)O. The molecule has 43 heavy (non-hydrogen) atoms. The maximum atomic E-state index is 13.4. The smallest absolute Gasteiger partial charge is 0.326 e. The Hall–Kier alpha value is -4.89. The minimum absolute atomic E-state index is 0.0114. The van der Waals surface area contributed by atoms with Crippen LogP contribution >= 0.6 is 0 Å². The number of carbonyl (C=O) groups is 4. The number of phenolic OH excluding ortho intramolecular Hbond substituents is 2. The molecular formula is C28H39N7O8. The molecule has 15 heteroatoms. The second-order valence-electron chi connectivity index (χ2n) is 9.98. The van der Waals surface area contributed by atoms with Gasteiger partial charge in [-0.1, -0.05) is 24.3 Å². The van der Waals surface area contributed by atoms with Crippen LogP contribution in [-0.2, 0) is 32.0 Å². The zero-order chi connectivity index (χ0) is 32.1. The predicted molar refractivity (Wildman–Crippen MR) is 157 cm³/mol. The molecule has 0 fully saturated rings. The summed E-state index contributed by atoms with van der Waals surface area (Å²) in [4.78, 5) is 55.0. The molecular weight excluding hydrogens is 562 g/mol. The van der Waals surface area contributed by atoms with Crippen molar-refractivity contribution < 1.29 is 39.6 Å². The fourth-order valence-electron chi connectivity index (χ4n) is 3.99. The Labute approximate surface area is 248 Å². The highest BCUT2D eigenvalue weighted by molar-refractivity contribution is 5.94. The molecule has 13 N–H and O–H groups in total. The molecule has 234 valence electrons. The number of amides is 3. The van der Waals surface area contributed by atoms with Crippen molar-refractivity contribution in [2.24, 2.45) is 22.2 Å². The molecule has 0 spiro atoms. The van der Waals surface area contributed by atoms with Crippen molar-refractivity contribution in [1.29, 1.82) is 0 Å². The van der Waals surface area contributed by atoms with E-state index in [2.05, 4.69) is 20.9 Å².